The quantitative estimate of drug-likeness (QED) is 0.675. The van der Waals surface area contributed by atoms with Gasteiger partial charge in [0.2, 0.25) is 0 Å². The van der Waals surface area contributed by atoms with Crippen LogP contribution in [-0.2, 0) is 6.54 Å². The van der Waals surface area contributed by atoms with Gasteiger partial charge in [0, 0.05) is 6.20 Å². The summed E-state index contributed by atoms with van der Waals surface area (Å²) in [6.45, 7) is 0.0654. The summed E-state index contributed by atoms with van der Waals surface area (Å²) in [5, 5.41) is 10.7. The summed E-state index contributed by atoms with van der Waals surface area (Å²) in [5.41, 5.74) is 0. The molecule has 0 aliphatic carbocycles. The number of aromatic nitrogens is 2. The summed E-state index contributed by atoms with van der Waals surface area (Å²) in [7, 11) is 0. The Morgan fingerprint density at radius 2 is 2.50 bits per heavy atom. The molecule has 0 fully saturated rings. The Labute approximate surface area is 73.4 Å². The van der Waals surface area contributed by atoms with E-state index in [2.05, 4.69) is 15.3 Å². The summed E-state index contributed by atoms with van der Waals surface area (Å²) >= 11 is 5.53. The minimum atomic E-state index is -1.11. The lowest BCUT2D eigenvalue weighted by atomic mass is 10.5. The first-order valence-electron chi connectivity index (χ1n) is 3.12. The molecule has 0 aliphatic rings. The number of nitrogens with zero attached hydrogens (tertiary/aromatic N) is 2. The summed E-state index contributed by atoms with van der Waals surface area (Å²) in [5.74, 6) is 0.352. The lowest BCUT2D eigenvalue weighted by Crippen LogP contribution is -2.21. The Morgan fingerprint density at radius 3 is 3.08 bits per heavy atom. The average Bonchev–Trinajstić information content (AvgIpc) is 2.01. The highest BCUT2D eigenvalue weighted by Crippen LogP contribution is 2.01. The molecule has 2 N–H and O–H groups in total. The molecule has 1 heterocycles. The number of halogens is 1. The molecule has 1 rings (SSSR count). The van der Waals surface area contributed by atoms with E-state index in [0.717, 1.165) is 0 Å². The number of nitrogens with one attached hydrogen (secondary N) is 1. The molecule has 1 aromatic heterocycles. The molecule has 0 saturated carbocycles. The van der Waals surface area contributed by atoms with Crippen LogP contribution >= 0.6 is 11.6 Å². The van der Waals surface area contributed by atoms with E-state index in [-0.39, 0.29) is 6.54 Å². The van der Waals surface area contributed by atoms with Crippen LogP contribution < -0.4 is 5.32 Å². The van der Waals surface area contributed by atoms with Crippen molar-refractivity contribution in [3.05, 3.63) is 23.2 Å². The van der Waals surface area contributed by atoms with Crippen LogP contribution in [0.1, 0.15) is 5.82 Å². The van der Waals surface area contributed by atoms with E-state index >= 15 is 0 Å². The predicted molar refractivity (Wildman–Crippen MR) is 41.9 cm³/mol. The molecule has 0 radical (unpaired) electrons. The van der Waals surface area contributed by atoms with Crippen molar-refractivity contribution in [3.8, 4) is 0 Å². The van der Waals surface area contributed by atoms with E-state index in [1.807, 2.05) is 0 Å². The van der Waals surface area contributed by atoms with Crippen molar-refractivity contribution < 1.29 is 9.90 Å². The molecule has 0 unspecified atom stereocenters. The summed E-state index contributed by atoms with van der Waals surface area (Å²) in [6.07, 6.45) is 0.354. The van der Waals surface area contributed by atoms with E-state index in [4.69, 9.17) is 16.7 Å². The molecule has 64 valence electrons. The highest BCUT2D eigenvalue weighted by molar-refractivity contribution is 6.29. The molecule has 12 heavy (non-hydrogen) atoms. The second-order valence-electron chi connectivity index (χ2n) is 1.95. The molecule has 0 bridgehead atoms. The molecule has 1 amide bonds. The molecular formula is C6H6ClN3O2. The lowest BCUT2D eigenvalue weighted by molar-refractivity contribution is 0.193. The van der Waals surface area contributed by atoms with Crippen molar-refractivity contribution in [1.82, 2.24) is 15.3 Å². The average molecular weight is 188 g/mol. The van der Waals surface area contributed by atoms with Gasteiger partial charge in [-0.05, 0) is 6.07 Å². The van der Waals surface area contributed by atoms with Gasteiger partial charge < -0.3 is 10.4 Å². The normalized spacial score (nSPS) is 9.42. The van der Waals surface area contributed by atoms with Crippen molar-refractivity contribution in [2.45, 2.75) is 6.54 Å². The number of carboxylic acid groups (broad SMARTS) is 1. The smallest absolute Gasteiger partial charge is 0.405 e. The number of rotatable bonds is 2. The third-order valence-electron chi connectivity index (χ3n) is 1.07. The van der Waals surface area contributed by atoms with Gasteiger partial charge in [-0.2, -0.15) is 0 Å². The molecule has 0 saturated heterocycles. The molecule has 5 nitrogen and oxygen atoms in total. The lowest BCUT2D eigenvalue weighted by Gasteiger charge is -1.98. The zero-order valence-electron chi connectivity index (χ0n) is 5.99. The van der Waals surface area contributed by atoms with Gasteiger partial charge in [-0.15, -0.1) is 0 Å². The number of hydrogen-bond acceptors (Lipinski definition) is 3. The van der Waals surface area contributed by atoms with Gasteiger partial charge >= 0.3 is 6.09 Å². The van der Waals surface area contributed by atoms with E-state index in [1.165, 1.54) is 12.3 Å². The third-order valence-corrected chi connectivity index (χ3v) is 1.28. The van der Waals surface area contributed by atoms with Crippen molar-refractivity contribution in [2.24, 2.45) is 0 Å². The fourth-order valence-electron chi connectivity index (χ4n) is 0.614. The Kier molecular flexibility index (Phi) is 2.82. The van der Waals surface area contributed by atoms with Crippen LogP contribution in [0.4, 0.5) is 4.79 Å². The van der Waals surface area contributed by atoms with Gasteiger partial charge in [0.25, 0.3) is 0 Å². The molecule has 0 atom stereocenters. The summed E-state index contributed by atoms with van der Waals surface area (Å²) in [4.78, 5) is 17.6. The van der Waals surface area contributed by atoms with Crippen molar-refractivity contribution in [1.29, 1.82) is 0 Å². The van der Waals surface area contributed by atoms with E-state index in [1.54, 1.807) is 0 Å². The standard InChI is InChI=1S/C6H6ClN3O2/c7-4-1-2-8-5(10-4)3-9-6(11)12/h1-2,9H,3H2,(H,11,12). The van der Waals surface area contributed by atoms with Gasteiger partial charge in [-0.1, -0.05) is 11.6 Å². The summed E-state index contributed by atoms with van der Waals surface area (Å²) < 4.78 is 0. The van der Waals surface area contributed by atoms with Crippen LogP contribution in [0.2, 0.25) is 5.15 Å². The van der Waals surface area contributed by atoms with Crippen LogP contribution in [0.3, 0.4) is 0 Å². The largest absolute Gasteiger partial charge is 0.465 e. The van der Waals surface area contributed by atoms with Crippen molar-refractivity contribution in [2.75, 3.05) is 0 Å². The van der Waals surface area contributed by atoms with E-state index in [9.17, 15) is 4.79 Å². The first-order chi connectivity index (χ1) is 5.68. The van der Waals surface area contributed by atoms with Gasteiger partial charge in [0.1, 0.15) is 11.0 Å². The topological polar surface area (TPSA) is 75.1 Å². The Hall–Kier alpha value is -1.36. The molecule has 0 aliphatic heterocycles. The highest BCUT2D eigenvalue weighted by Gasteiger charge is 1.98. The fraction of sp³-hybridized carbons (Fsp3) is 0.167. The maximum atomic E-state index is 10.1. The zero-order chi connectivity index (χ0) is 8.97. The fourth-order valence-corrected chi connectivity index (χ4v) is 0.768. The van der Waals surface area contributed by atoms with Gasteiger partial charge in [0.05, 0.1) is 6.54 Å². The van der Waals surface area contributed by atoms with Gasteiger partial charge in [-0.25, -0.2) is 14.8 Å². The number of hydrogen-bond donors (Lipinski definition) is 2. The highest BCUT2D eigenvalue weighted by atomic mass is 35.5. The second kappa shape index (κ2) is 3.87. The maximum absolute atomic E-state index is 10.1. The first-order valence-corrected chi connectivity index (χ1v) is 3.50. The SMILES string of the molecule is O=C(O)NCc1nccc(Cl)n1. The minimum Gasteiger partial charge on any atom is -0.465 e. The van der Waals surface area contributed by atoms with Crippen LogP contribution in [0.5, 0.6) is 0 Å². The zero-order valence-corrected chi connectivity index (χ0v) is 6.75. The van der Waals surface area contributed by atoms with Crippen LogP contribution in [0.25, 0.3) is 0 Å². The number of amides is 1. The van der Waals surface area contributed by atoms with Crippen molar-refractivity contribution >= 4 is 17.7 Å². The van der Waals surface area contributed by atoms with E-state index < -0.39 is 6.09 Å². The number of carbonyl (C=O) groups is 1. The molecule has 0 aromatic carbocycles. The molecule has 6 heteroatoms. The van der Waals surface area contributed by atoms with Gasteiger partial charge in [-0.3, -0.25) is 0 Å². The van der Waals surface area contributed by atoms with Crippen LogP contribution in [0.15, 0.2) is 12.3 Å². The maximum Gasteiger partial charge on any atom is 0.405 e. The Bertz CT molecular complexity index is 292. The minimum absolute atomic E-state index is 0.0654. The predicted octanol–water partition coefficient (Wildman–Crippen LogP) is 0.898. The molecule has 0 spiro atoms. The van der Waals surface area contributed by atoms with Crippen molar-refractivity contribution in [3.63, 3.8) is 0 Å². The molecule has 1 aromatic rings. The monoisotopic (exact) mass is 187 g/mol. The first kappa shape index (κ1) is 8.73. The second-order valence-corrected chi connectivity index (χ2v) is 2.34. The Balaban J connectivity index is 2.57. The summed E-state index contributed by atoms with van der Waals surface area (Å²) in [6, 6.07) is 1.52. The van der Waals surface area contributed by atoms with E-state index in [0.29, 0.717) is 11.0 Å². The molecular weight excluding hydrogens is 182 g/mol. The van der Waals surface area contributed by atoms with Crippen LogP contribution in [-0.4, -0.2) is 21.2 Å². The van der Waals surface area contributed by atoms with Gasteiger partial charge in [0.15, 0.2) is 0 Å². The van der Waals surface area contributed by atoms with Crippen LogP contribution in [0, 0.1) is 0 Å². The third kappa shape index (κ3) is 2.71. The Morgan fingerprint density at radius 1 is 1.75 bits per heavy atom.